The van der Waals surface area contributed by atoms with Gasteiger partial charge in [0.25, 0.3) is 0 Å². The Morgan fingerprint density at radius 2 is 2.00 bits per heavy atom. The minimum absolute atomic E-state index is 0.0543. The Balaban J connectivity index is 2.36. The maximum absolute atomic E-state index is 11.8. The van der Waals surface area contributed by atoms with Crippen molar-refractivity contribution < 1.29 is 12.8 Å². The Labute approximate surface area is 48.2 Å². The van der Waals surface area contributed by atoms with Crippen molar-refractivity contribution in [3.8, 4) is 0 Å². The van der Waals surface area contributed by atoms with Crippen molar-refractivity contribution in [1.29, 1.82) is 0 Å². The van der Waals surface area contributed by atoms with Crippen molar-refractivity contribution in [2.24, 2.45) is 0 Å². The number of hydrogen-bond donors (Lipinski definition) is 1. The van der Waals surface area contributed by atoms with Crippen molar-refractivity contribution in [3.05, 3.63) is 0 Å². The Morgan fingerprint density at radius 1 is 1.50 bits per heavy atom. The summed E-state index contributed by atoms with van der Waals surface area (Å²) in [5.41, 5.74) is 0. The monoisotopic (exact) mass is 139 g/mol. The lowest BCUT2D eigenvalue weighted by Gasteiger charge is -2.27. The molecule has 0 bridgehead atoms. The second-order valence-corrected chi connectivity index (χ2v) is 2.75. The predicted molar refractivity (Wildman–Crippen MR) is 26.8 cm³/mol. The van der Waals surface area contributed by atoms with Crippen LogP contribution in [0.1, 0.15) is 0 Å². The molecular weight excluding hydrogens is 133 g/mol. The van der Waals surface area contributed by atoms with Crippen molar-refractivity contribution in [3.63, 3.8) is 0 Å². The highest BCUT2D eigenvalue weighted by Crippen LogP contribution is 2.09. The molecule has 5 heteroatoms. The maximum Gasteiger partial charge on any atom is 0.204 e. The topological polar surface area (TPSA) is 37.4 Å². The van der Waals surface area contributed by atoms with Gasteiger partial charge >= 0.3 is 0 Å². The van der Waals surface area contributed by atoms with E-state index in [-0.39, 0.29) is 13.1 Å². The van der Waals surface area contributed by atoms with Crippen LogP contribution in [-0.2, 0) is 10.9 Å². The summed E-state index contributed by atoms with van der Waals surface area (Å²) in [7, 11) is -2.51. The van der Waals surface area contributed by atoms with E-state index in [0.717, 1.165) is 4.31 Å². The Kier molecular flexibility index (Phi) is 1.48. The van der Waals surface area contributed by atoms with Crippen LogP contribution in [0.3, 0.4) is 0 Å². The summed E-state index contributed by atoms with van der Waals surface area (Å²) in [5, 5.41) is 0. The smallest absolute Gasteiger partial charge is 0.204 e. The molecule has 1 rings (SSSR count). The van der Waals surface area contributed by atoms with Gasteiger partial charge in [0.15, 0.2) is 0 Å². The summed E-state index contributed by atoms with van der Waals surface area (Å²) in [5.74, 6) is 0. The first-order valence-electron chi connectivity index (χ1n) is 2.23. The van der Waals surface area contributed by atoms with E-state index >= 15 is 0 Å². The number of hydrogen-bond acceptors (Lipinski definition) is 2. The van der Waals surface area contributed by atoms with Gasteiger partial charge in [0.05, 0.1) is 0 Å². The molecule has 0 aromatic rings. The zero-order chi connectivity index (χ0) is 6.15. The third-order valence-electron chi connectivity index (χ3n) is 1.05. The van der Waals surface area contributed by atoms with Gasteiger partial charge in [-0.1, -0.05) is 0 Å². The molecule has 1 aliphatic heterocycles. The van der Waals surface area contributed by atoms with E-state index in [1.165, 1.54) is 0 Å². The fraction of sp³-hybridized carbons (Fsp3) is 1.00. The molecule has 0 aromatic heterocycles. The highest BCUT2D eigenvalue weighted by atomic mass is 32.2. The molecule has 0 saturated carbocycles. The lowest BCUT2D eigenvalue weighted by molar-refractivity contribution is 0.145. The van der Waals surface area contributed by atoms with Crippen LogP contribution in [0.4, 0.5) is 4.39 Å². The van der Waals surface area contributed by atoms with Crippen LogP contribution in [0.2, 0.25) is 0 Å². The standard InChI is InChI=1S/C3H6FNO2S/c4-3-1-5(2-3)8(6)7/h3,8H,1-2H2. The molecule has 0 atom stereocenters. The zero-order valence-corrected chi connectivity index (χ0v) is 4.97. The van der Waals surface area contributed by atoms with E-state index in [4.69, 9.17) is 0 Å². The van der Waals surface area contributed by atoms with Crippen molar-refractivity contribution >= 4 is 10.9 Å². The largest absolute Gasteiger partial charge is 0.245 e. The second kappa shape index (κ2) is 1.99. The van der Waals surface area contributed by atoms with Gasteiger partial charge in [-0.25, -0.2) is 12.8 Å². The summed E-state index contributed by atoms with van der Waals surface area (Å²) < 4.78 is 32.7. The van der Waals surface area contributed by atoms with Crippen LogP contribution in [-0.4, -0.2) is 32.0 Å². The number of nitrogens with zero attached hydrogens (tertiary/aromatic N) is 1. The van der Waals surface area contributed by atoms with E-state index in [1.54, 1.807) is 0 Å². The normalized spacial score (nSPS) is 23.8. The van der Waals surface area contributed by atoms with Crippen LogP contribution in [0.5, 0.6) is 0 Å². The van der Waals surface area contributed by atoms with Gasteiger partial charge in [-0.15, -0.1) is 0 Å². The predicted octanol–water partition coefficient (Wildman–Crippen LogP) is -0.833. The zero-order valence-electron chi connectivity index (χ0n) is 4.08. The van der Waals surface area contributed by atoms with Gasteiger partial charge in [0.2, 0.25) is 10.9 Å². The Morgan fingerprint density at radius 3 is 2.12 bits per heavy atom. The molecule has 3 nitrogen and oxygen atoms in total. The van der Waals surface area contributed by atoms with Crippen molar-refractivity contribution in [2.75, 3.05) is 13.1 Å². The molecule has 0 aromatic carbocycles. The molecule has 0 radical (unpaired) electrons. The van der Waals surface area contributed by atoms with Gasteiger partial charge < -0.3 is 0 Å². The summed E-state index contributed by atoms with van der Waals surface area (Å²) in [4.78, 5) is 0. The Hall–Kier alpha value is -0.160. The average Bonchev–Trinajstić information content (AvgIpc) is 1.57. The highest BCUT2D eigenvalue weighted by Gasteiger charge is 2.27. The number of alkyl halides is 1. The summed E-state index contributed by atoms with van der Waals surface area (Å²) in [6, 6.07) is 0. The van der Waals surface area contributed by atoms with Crippen LogP contribution in [0, 0.1) is 0 Å². The molecule has 0 unspecified atom stereocenters. The van der Waals surface area contributed by atoms with Crippen LogP contribution >= 0.6 is 0 Å². The number of rotatable bonds is 1. The van der Waals surface area contributed by atoms with E-state index in [9.17, 15) is 12.8 Å². The van der Waals surface area contributed by atoms with Crippen LogP contribution < -0.4 is 0 Å². The third-order valence-corrected chi connectivity index (χ3v) is 1.84. The van der Waals surface area contributed by atoms with E-state index in [1.807, 2.05) is 0 Å². The lowest BCUT2D eigenvalue weighted by atomic mass is 10.3. The molecular formula is C3H6FNO2S. The molecule has 1 aliphatic rings. The van der Waals surface area contributed by atoms with E-state index < -0.39 is 17.1 Å². The molecule has 1 heterocycles. The molecule has 1 fully saturated rings. The first kappa shape index (κ1) is 5.97. The lowest BCUT2D eigenvalue weighted by Crippen LogP contribution is -2.46. The molecule has 1 saturated heterocycles. The van der Waals surface area contributed by atoms with E-state index in [0.29, 0.717) is 0 Å². The van der Waals surface area contributed by atoms with Gasteiger partial charge in [0.1, 0.15) is 6.17 Å². The van der Waals surface area contributed by atoms with Gasteiger partial charge in [-0.05, 0) is 0 Å². The minimum atomic E-state index is -2.51. The Bertz CT molecular complexity index is 143. The second-order valence-electron chi connectivity index (χ2n) is 1.71. The molecule has 0 aliphatic carbocycles. The fourth-order valence-corrected chi connectivity index (χ4v) is 1.16. The summed E-state index contributed by atoms with van der Waals surface area (Å²) in [6.45, 7) is 0.109. The fourth-order valence-electron chi connectivity index (χ4n) is 0.537. The highest BCUT2D eigenvalue weighted by molar-refractivity contribution is 7.69. The molecule has 0 amide bonds. The molecule has 0 N–H and O–H groups in total. The minimum Gasteiger partial charge on any atom is -0.245 e. The SMILES string of the molecule is O=[SH](=O)N1CC(F)C1. The number of halogens is 1. The molecule has 0 spiro atoms. The van der Waals surface area contributed by atoms with Gasteiger partial charge in [-0.3, -0.25) is 0 Å². The van der Waals surface area contributed by atoms with Crippen LogP contribution in [0.15, 0.2) is 0 Å². The third kappa shape index (κ3) is 0.976. The van der Waals surface area contributed by atoms with Crippen LogP contribution in [0.25, 0.3) is 0 Å². The van der Waals surface area contributed by atoms with Gasteiger partial charge in [0, 0.05) is 13.1 Å². The first-order valence-corrected chi connectivity index (χ1v) is 3.36. The van der Waals surface area contributed by atoms with Crippen molar-refractivity contribution in [2.45, 2.75) is 6.17 Å². The first-order chi connectivity index (χ1) is 3.70. The molecule has 8 heavy (non-hydrogen) atoms. The van der Waals surface area contributed by atoms with Gasteiger partial charge in [-0.2, -0.15) is 4.31 Å². The average molecular weight is 139 g/mol. The maximum atomic E-state index is 11.8. The number of thiol groups is 1. The van der Waals surface area contributed by atoms with Crippen molar-refractivity contribution in [1.82, 2.24) is 4.31 Å². The summed E-state index contributed by atoms with van der Waals surface area (Å²) >= 11 is 0. The quantitative estimate of drug-likeness (QED) is 0.481. The summed E-state index contributed by atoms with van der Waals surface area (Å²) in [6.07, 6.45) is -0.928. The molecule has 48 valence electrons. The van der Waals surface area contributed by atoms with E-state index in [2.05, 4.69) is 0 Å².